The van der Waals surface area contributed by atoms with Gasteiger partial charge in [0.1, 0.15) is 0 Å². The van der Waals surface area contributed by atoms with Gasteiger partial charge in [-0.2, -0.15) is 5.10 Å². The number of nitrogens with zero attached hydrogens (tertiary/aromatic N) is 4. The molecule has 1 fully saturated rings. The molecule has 6 nitrogen and oxygen atoms in total. The number of fused-ring (bicyclic) bond motifs is 1. The van der Waals surface area contributed by atoms with Gasteiger partial charge in [-0.05, 0) is 42.1 Å². The lowest BCUT2D eigenvalue weighted by Gasteiger charge is -2.32. The molecule has 0 spiro atoms. The average molecular weight is 399 g/mol. The summed E-state index contributed by atoms with van der Waals surface area (Å²) < 4.78 is 0. The Morgan fingerprint density at radius 2 is 1.90 bits per heavy atom. The van der Waals surface area contributed by atoms with E-state index in [1.165, 1.54) is 34.7 Å². The van der Waals surface area contributed by atoms with Crippen LogP contribution in [0.2, 0.25) is 0 Å². The molecular weight excluding hydrogens is 372 g/mol. The lowest BCUT2D eigenvalue weighted by Crippen LogP contribution is -2.40. The Morgan fingerprint density at radius 3 is 2.83 bits per heavy atom. The van der Waals surface area contributed by atoms with E-state index in [0.29, 0.717) is 5.92 Å². The summed E-state index contributed by atoms with van der Waals surface area (Å²) in [6.45, 7) is 3.81. The molecule has 2 aromatic heterocycles. The van der Waals surface area contributed by atoms with Gasteiger partial charge >= 0.3 is 0 Å². The summed E-state index contributed by atoms with van der Waals surface area (Å²) >= 11 is 0. The van der Waals surface area contributed by atoms with Gasteiger partial charge in [0.2, 0.25) is 5.95 Å². The van der Waals surface area contributed by atoms with Crippen LogP contribution in [0.25, 0.3) is 22.0 Å². The molecule has 0 aliphatic carbocycles. The fraction of sp³-hybridized carbons (Fsp3) is 0.292. The monoisotopic (exact) mass is 398 g/mol. The normalized spacial score (nSPS) is 16.8. The van der Waals surface area contributed by atoms with E-state index in [0.717, 1.165) is 37.8 Å². The number of anilines is 1. The van der Waals surface area contributed by atoms with Crippen molar-refractivity contribution in [3.8, 4) is 11.3 Å². The van der Waals surface area contributed by atoms with E-state index < -0.39 is 0 Å². The van der Waals surface area contributed by atoms with Crippen LogP contribution in [-0.4, -0.2) is 39.8 Å². The zero-order chi connectivity index (χ0) is 20.2. The van der Waals surface area contributed by atoms with Gasteiger partial charge < -0.3 is 10.2 Å². The van der Waals surface area contributed by atoms with Crippen LogP contribution >= 0.6 is 0 Å². The van der Waals surface area contributed by atoms with Gasteiger partial charge in [-0.3, -0.25) is 5.10 Å². The lowest BCUT2D eigenvalue weighted by atomic mass is 9.97. The summed E-state index contributed by atoms with van der Waals surface area (Å²) in [6, 6.07) is 16.8. The Morgan fingerprint density at radius 1 is 1.03 bits per heavy atom. The average Bonchev–Trinajstić information content (AvgIpc) is 3.28. The maximum absolute atomic E-state index is 4.41. The largest absolute Gasteiger partial charge is 0.341 e. The third-order valence-electron chi connectivity index (χ3n) is 5.88. The van der Waals surface area contributed by atoms with Crippen molar-refractivity contribution in [2.45, 2.75) is 19.4 Å². The second-order valence-corrected chi connectivity index (χ2v) is 7.93. The van der Waals surface area contributed by atoms with Crippen LogP contribution in [0, 0.1) is 5.92 Å². The van der Waals surface area contributed by atoms with E-state index in [-0.39, 0.29) is 0 Å². The van der Waals surface area contributed by atoms with E-state index in [1.807, 2.05) is 24.7 Å². The Bertz CT molecular complexity index is 1100. The number of aromatic nitrogens is 4. The van der Waals surface area contributed by atoms with Crippen molar-refractivity contribution in [3.05, 3.63) is 72.7 Å². The molecule has 1 aliphatic rings. The third kappa shape index (κ3) is 3.91. The quantitative estimate of drug-likeness (QED) is 0.513. The van der Waals surface area contributed by atoms with Gasteiger partial charge in [-0.15, -0.1) is 0 Å². The number of hydrogen-bond donors (Lipinski definition) is 2. The number of rotatable bonds is 6. The second kappa shape index (κ2) is 8.63. The smallest absolute Gasteiger partial charge is 0.225 e. The molecule has 152 valence electrons. The molecule has 4 aromatic rings. The Hall–Kier alpha value is -3.25. The lowest BCUT2D eigenvalue weighted by molar-refractivity contribution is 0.388. The van der Waals surface area contributed by atoms with Crippen LogP contribution in [0.5, 0.6) is 0 Å². The molecule has 6 heteroatoms. The van der Waals surface area contributed by atoms with Crippen molar-refractivity contribution in [1.82, 2.24) is 25.5 Å². The van der Waals surface area contributed by atoms with E-state index in [1.54, 1.807) is 0 Å². The van der Waals surface area contributed by atoms with Crippen LogP contribution in [0.4, 0.5) is 5.95 Å². The van der Waals surface area contributed by atoms with Crippen LogP contribution in [0.1, 0.15) is 18.4 Å². The Balaban J connectivity index is 1.25. The molecule has 0 saturated carbocycles. The molecule has 1 saturated heterocycles. The molecule has 5 rings (SSSR count). The second-order valence-electron chi connectivity index (χ2n) is 7.93. The minimum atomic E-state index is 0.593. The zero-order valence-corrected chi connectivity index (χ0v) is 17.0. The Kier molecular flexibility index (Phi) is 5.40. The summed E-state index contributed by atoms with van der Waals surface area (Å²) in [7, 11) is 0. The molecule has 1 unspecified atom stereocenters. The predicted molar refractivity (Wildman–Crippen MR) is 120 cm³/mol. The first-order valence-electron chi connectivity index (χ1n) is 10.6. The van der Waals surface area contributed by atoms with Crippen molar-refractivity contribution < 1.29 is 0 Å². The van der Waals surface area contributed by atoms with Crippen LogP contribution in [0.15, 0.2) is 67.1 Å². The number of piperidine rings is 1. The van der Waals surface area contributed by atoms with Gasteiger partial charge in [0, 0.05) is 43.2 Å². The molecular formula is C24H26N6. The van der Waals surface area contributed by atoms with E-state index in [9.17, 15) is 0 Å². The molecule has 2 N–H and O–H groups in total. The van der Waals surface area contributed by atoms with Crippen molar-refractivity contribution >= 4 is 16.7 Å². The zero-order valence-electron chi connectivity index (χ0n) is 17.0. The summed E-state index contributed by atoms with van der Waals surface area (Å²) in [5.41, 5.74) is 3.50. The highest BCUT2D eigenvalue weighted by Crippen LogP contribution is 2.29. The highest BCUT2D eigenvalue weighted by atomic mass is 15.3. The SMILES string of the molecule is c1cnc(N2CCCC(CNCc3cn[nH]c3-c3cccc4ccccc34)C2)nc1. The fourth-order valence-corrected chi connectivity index (χ4v) is 4.40. The number of benzene rings is 2. The standard InChI is InChI=1S/C24H26N6/c1-2-9-21-19(7-1)8-3-10-22(21)23-20(16-28-29-23)15-25-14-18-6-4-13-30(17-18)24-26-11-5-12-27-24/h1-3,5,7-12,16,18,25H,4,6,13-15,17H2,(H,28,29). The summed E-state index contributed by atoms with van der Waals surface area (Å²) in [6.07, 6.45) is 7.99. The number of hydrogen-bond acceptors (Lipinski definition) is 5. The van der Waals surface area contributed by atoms with Gasteiger partial charge in [0.05, 0.1) is 11.9 Å². The highest BCUT2D eigenvalue weighted by molar-refractivity contribution is 5.96. The number of aromatic amines is 1. The molecule has 1 aliphatic heterocycles. The topological polar surface area (TPSA) is 69.7 Å². The van der Waals surface area contributed by atoms with Crippen molar-refractivity contribution in [3.63, 3.8) is 0 Å². The van der Waals surface area contributed by atoms with Crippen LogP contribution in [0.3, 0.4) is 0 Å². The maximum atomic E-state index is 4.41. The first-order chi connectivity index (χ1) is 14.9. The van der Waals surface area contributed by atoms with Crippen LogP contribution in [-0.2, 0) is 6.54 Å². The van der Waals surface area contributed by atoms with E-state index in [4.69, 9.17) is 0 Å². The first kappa shape index (κ1) is 18.8. The molecule has 2 aromatic carbocycles. The van der Waals surface area contributed by atoms with Crippen molar-refractivity contribution in [1.29, 1.82) is 0 Å². The van der Waals surface area contributed by atoms with E-state index in [2.05, 4.69) is 72.8 Å². The van der Waals surface area contributed by atoms with E-state index >= 15 is 0 Å². The van der Waals surface area contributed by atoms with Crippen LogP contribution < -0.4 is 10.2 Å². The summed E-state index contributed by atoms with van der Waals surface area (Å²) in [5, 5.41) is 13.7. The molecule has 3 heterocycles. The molecule has 30 heavy (non-hydrogen) atoms. The predicted octanol–water partition coefficient (Wildman–Crippen LogP) is 4.03. The summed E-state index contributed by atoms with van der Waals surface area (Å²) in [4.78, 5) is 11.1. The maximum Gasteiger partial charge on any atom is 0.225 e. The van der Waals surface area contributed by atoms with Crippen molar-refractivity contribution in [2.75, 3.05) is 24.5 Å². The van der Waals surface area contributed by atoms with Gasteiger partial charge in [-0.1, -0.05) is 42.5 Å². The van der Waals surface area contributed by atoms with Gasteiger partial charge in [0.25, 0.3) is 0 Å². The minimum absolute atomic E-state index is 0.593. The molecule has 0 radical (unpaired) electrons. The Labute approximate surface area is 176 Å². The first-order valence-corrected chi connectivity index (χ1v) is 10.6. The third-order valence-corrected chi connectivity index (χ3v) is 5.88. The van der Waals surface area contributed by atoms with Gasteiger partial charge in [0.15, 0.2) is 0 Å². The molecule has 0 bridgehead atoms. The highest BCUT2D eigenvalue weighted by Gasteiger charge is 2.21. The minimum Gasteiger partial charge on any atom is -0.341 e. The fourth-order valence-electron chi connectivity index (χ4n) is 4.40. The molecule has 1 atom stereocenters. The molecule has 0 amide bonds. The summed E-state index contributed by atoms with van der Waals surface area (Å²) in [5.74, 6) is 1.44. The van der Waals surface area contributed by atoms with Crippen molar-refractivity contribution in [2.24, 2.45) is 5.92 Å². The number of H-pyrrole nitrogens is 1. The van der Waals surface area contributed by atoms with Gasteiger partial charge in [-0.25, -0.2) is 9.97 Å². The number of nitrogens with one attached hydrogen (secondary N) is 2.